The number of halogens is 2. The van der Waals surface area contributed by atoms with Crippen LogP contribution in [0.15, 0.2) is 30.6 Å². The van der Waals surface area contributed by atoms with Crippen LogP contribution in [0.2, 0.25) is 10.2 Å². The molecule has 0 aliphatic carbocycles. The fraction of sp³-hybridized carbons (Fsp3) is 0.312. The Hall–Kier alpha value is -1.89. The monoisotopic (exact) mass is 367 g/mol. The molecule has 1 aliphatic heterocycles. The van der Waals surface area contributed by atoms with Crippen molar-refractivity contribution < 1.29 is 14.3 Å². The van der Waals surface area contributed by atoms with Crippen molar-refractivity contribution in [2.24, 2.45) is 0 Å². The minimum absolute atomic E-state index is 0.0337. The van der Waals surface area contributed by atoms with Gasteiger partial charge >= 0.3 is 0 Å². The normalized spacial score (nSPS) is 16.8. The third kappa shape index (κ3) is 4.56. The van der Waals surface area contributed by atoms with E-state index in [1.54, 1.807) is 24.4 Å². The van der Waals surface area contributed by atoms with Gasteiger partial charge in [-0.05, 0) is 11.6 Å². The second-order valence-corrected chi connectivity index (χ2v) is 6.11. The molecule has 6 nitrogen and oxygen atoms in total. The Labute approximate surface area is 149 Å². The number of anilines is 1. The van der Waals surface area contributed by atoms with Crippen molar-refractivity contribution in [3.63, 3.8) is 0 Å². The maximum atomic E-state index is 12.1. The van der Waals surface area contributed by atoms with Gasteiger partial charge in [0, 0.05) is 18.7 Å². The maximum Gasteiger partial charge on any atom is 0.230 e. The zero-order chi connectivity index (χ0) is 16.9. The average Bonchev–Trinajstić information content (AvgIpc) is 3.06. The molecule has 1 saturated heterocycles. The quantitative estimate of drug-likeness (QED) is 0.821. The molecule has 1 fully saturated rings. The molecule has 2 aromatic heterocycles. The molecule has 0 radical (unpaired) electrons. The van der Waals surface area contributed by atoms with Gasteiger partial charge in [-0.1, -0.05) is 29.3 Å². The number of nitrogens with one attached hydrogen (secondary N) is 1. The highest BCUT2D eigenvalue weighted by Gasteiger charge is 2.19. The van der Waals surface area contributed by atoms with Gasteiger partial charge in [0.2, 0.25) is 5.91 Å². The van der Waals surface area contributed by atoms with E-state index >= 15 is 0 Å². The minimum Gasteiger partial charge on any atom is -0.486 e. The Morgan fingerprint density at radius 2 is 2.21 bits per heavy atom. The van der Waals surface area contributed by atoms with E-state index < -0.39 is 0 Å². The van der Waals surface area contributed by atoms with Crippen molar-refractivity contribution in [3.05, 3.63) is 46.3 Å². The Bertz CT molecular complexity index is 719. The fourth-order valence-electron chi connectivity index (χ4n) is 2.25. The number of ether oxygens (including phenoxy) is 2. The topological polar surface area (TPSA) is 73.3 Å². The molecule has 3 heterocycles. The first-order valence-corrected chi connectivity index (χ1v) is 8.16. The van der Waals surface area contributed by atoms with Gasteiger partial charge in [-0.2, -0.15) is 0 Å². The van der Waals surface area contributed by atoms with Crippen LogP contribution in [0, 0.1) is 0 Å². The van der Waals surface area contributed by atoms with Gasteiger partial charge in [-0.3, -0.25) is 4.79 Å². The number of hydrogen-bond acceptors (Lipinski definition) is 5. The summed E-state index contributed by atoms with van der Waals surface area (Å²) < 4.78 is 11.1. The van der Waals surface area contributed by atoms with Crippen molar-refractivity contribution in [1.29, 1.82) is 0 Å². The lowest BCUT2D eigenvalue weighted by Crippen LogP contribution is -2.17. The molecule has 1 N–H and O–H groups in total. The fourth-order valence-corrected chi connectivity index (χ4v) is 2.51. The highest BCUT2D eigenvalue weighted by atomic mass is 35.5. The number of rotatable bonds is 5. The van der Waals surface area contributed by atoms with Crippen LogP contribution >= 0.6 is 23.2 Å². The van der Waals surface area contributed by atoms with E-state index in [1.807, 2.05) is 0 Å². The zero-order valence-corrected chi connectivity index (χ0v) is 14.2. The smallest absolute Gasteiger partial charge is 0.230 e. The van der Waals surface area contributed by atoms with E-state index in [9.17, 15) is 4.79 Å². The summed E-state index contributed by atoms with van der Waals surface area (Å²) in [5.41, 5.74) is 0.755. The molecule has 1 atom stereocenters. The van der Waals surface area contributed by atoms with Crippen LogP contribution in [-0.4, -0.2) is 35.2 Å². The largest absolute Gasteiger partial charge is 0.486 e. The molecule has 8 heteroatoms. The third-order valence-corrected chi connectivity index (χ3v) is 3.93. The molecule has 1 amide bonds. The first kappa shape index (κ1) is 17.0. The van der Waals surface area contributed by atoms with E-state index in [2.05, 4.69) is 15.3 Å². The van der Waals surface area contributed by atoms with Crippen LogP contribution in [-0.2, 0) is 16.0 Å². The lowest BCUT2D eigenvalue weighted by molar-refractivity contribution is -0.115. The van der Waals surface area contributed by atoms with Crippen molar-refractivity contribution in [3.8, 4) is 5.75 Å². The first-order valence-electron chi connectivity index (χ1n) is 7.40. The Balaban J connectivity index is 1.63. The van der Waals surface area contributed by atoms with Crippen LogP contribution in [0.3, 0.4) is 0 Å². The van der Waals surface area contributed by atoms with E-state index in [0.717, 1.165) is 12.0 Å². The van der Waals surface area contributed by atoms with Crippen molar-refractivity contribution in [2.45, 2.75) is 18.9 Å². The SMILES string of the molecule is O=C(Cc1ccc(Cl)nc1)Nc1cc(OC2CCOC2)c(Cl)cn1. The van der Waals surface area contributed by atoms with Crippen LogP contribution in [0.5, 0.6) is 5.75 Å². The van der Waals surface area contributed by atoms with Crippen molar-refractivity contribution in [1.82, 2.24) is 9.97 Å². The first-order chi connectivity index (χ1) is 11.6. The summed E-state index contributed by atoms with van der Waals surface area (Å²) in [5.74, 6) is 0.634. The molecule has 3 rings (SSSR count). The van der Waals surface area contributed by atoms with Crippen molar-refractivity contribution in [2.75, 3.05) is 18.5 Å². The molecule has 0 bridgehead atoms. The third-order valence-electron chi connectivity index (χ3n) is 3.42. The highest BCUT2D eigenvalue weighted by molar-refractivity contribution is 6.32. The molecule has 24 heavy (non-hydrogen) atoms. The van der Waals surface area contributed by atoms with Crippen LogP contribution in [0.25, 0.3) is 0 Å². The number of pyridine rings is 2. The van der Waals surface area contributed by atoms with Gasteiger partial charge in [0.05, 0.1) is 25.8 Å². The summed E-state index contributed by atoms with van der Waals surface area (Å²) in [6.45, 7) is 1.20. The molecular weight excluding hydrogens is 353 g/mol. The summed E-state index contributed by atoms with van der Waals surface area (Å²) in [4.78, 5) is 20.1. The predicted octanol–water partition coefficient (Wildman–Crippen LogP) is 3.13. The van der Waals surface area contributed by atoms with Crippen molar-refractivity contribution >= 4 is 34.9 Å². The Morgan fingerprint density at radius 3 is 2.92 bits per heavy atom. The summed E-state index contributed by atoms with van der Waals surface area (Å²) in [5, 5.41) is 3.49. The number of carbonyl (C=O) groups excluding carboxylic acids is 1. The summed E-state index contributed by atoms with van der Waals surface area (Å²) in [6.07, 6.45) is 3.96. The van der Waals surface area contributed by atoms with Gasteiger partial charge in [0.1, 0.15) is 27.8 Å². The predicted molar refractivity (Wildman–Crippen MR) is 90.7 cm³/mol. The maximum absolute atomic E-state index is 12.1. The molecular formula is C16H15Cl2N3O3. The molecule has 0 spiro atoms. The van der Waals surface area contributed by atoms with E-state index in [0.29, 0.717) is 35.0 Å². The molecule has 2 aromatic rings. The molecule has 1 aliphatic rings. The van der Waals surface area contributed by atoms with Gasteiger partial charge in [0.15, 0.2) is 0 Å². The molecule has 1 unspecified atom stereocenters. The van der Waals surface area contributed by atoms with Crippen LogP contribution < -0.4 is 10.1 Å². The van der Waals surface area contributed by atoms with E-state index in [-0.39, 0.29) is 18.4 Å². The highest BCUT2D eigenvalue weighted by Crippen LogP contribution is 2.28. The molecule has 0 aromatic carbocycles. The molecule has 0 saturated carbocycles. The number of nitrogens with zero attached hydrogens (tertiary/aromatic N) is 2. The van der Waals surface area contributed by atoms with Gasteiger partial charge in [0.25, 0.3) is 0 Å². The number of carbonyl (C=O) groups is 1. The standard InChI is InChI=1S/C16H15Cl2N3O3/c17-12-8-20-15(6-13(12)24-11-3-4-23-9-11)21-16(22)5-10-1-2-14(18)19-7-10/h1-2,6-8,11H,3-5,9H2,(H,20,21,22). The summed E-state index contributed by atoms with van der Waals surface area (Å²) in [6, 6.07) is 5.00. The van der Waals surface area contributed by atoms with Crippen LogP contribution in [0.1, 0.15) is 12.0 Å². The molecule has 126 valence electrons. The van der Waals surface area contributed by atoms with E-state index in [1.165, 1.54) is 6.20 Å². The second-order valence-electron chi connectivity index (χ2n) is 5.32. The number of hydrogen-bond donors (Lipinski definition) is 1. The Kier molecular flexibility index (Phi) is 5.50. The second kappa shape index (κ2) is 7.79. The summed E-state index contributed by atoms with van der Waals surface area (Å²) in [7, 11) is 0. The average molecular weight is 368 g/mol. The van der Waals surface area contributed by atoms with E-state index in [4.69, 9.17) is 32.7 Å². The number of aromatic nitrogens is 2. The lowest BCUT2D eigenvalue weighted by Gasteiger charge is -2.14. The zero-order valence-electron chi connectivity index (χ0n) is 12.7. The van der Waals surface area contributed by atoms with Gasteiger partial charge < -0.3 is 14.8 Å². The number of amides is 1. The van der Waals surface area contributed by atoms with Gasteiger partial charge in [-0.25, -0.2) is 9.97 Å². The lowest BCUT2D eigenvalue weighted by atomic mass is 10.2. The Morgan fingerprint density at radius 1 is 1.33 bits per heavy atom. The summed E-state index contributed by atoms with van der Waals surface area (Å²) >= 11 is 11.8. The van der Waals surface area contributed by atoms with Crippen LogP contribution in [0.4, 0.5) is 5.82 Å². The minimum atomic E-state index is -0.218. The van der Waals surface area contributed by atoms with Gasteiger partial charge in [-0.15, -0.1) is 0 Å².